The quantitative estimate of drug-likeness (QED) is 0.239. The Morgan fingerprint density at radius 1 is 1.33 bits per heavy atom. The molecule has 0 heterocycles. The Labute approximate surface area is 150 Å². The van der Waals surface area contributed by atoms with Crippen LogP contribution in [0.4, 0.5) is 0 Å². The van der Waals surface area contributed by atoms with Crippen molar-refractivity contribution in [2.24, 2.45) is 0 Å². The van der Waals surface area contributed by atoms with Crippen LogP contribution in [0.15, 0.2) is 70.6 Å². The number of hydrogen-bond acceptors (Lipinski definition) is 5. The zero-order valence-corrected chi connectivity index (χ0v) is 15.9. The fourth-order valence-electron chi connectivity index (χ4n) is 1.48. The number of carbonyl (C=O) groups is 2. The SMILES string of the molecule is C=C/C(=C\C=C\C(=O)OI(OC(=O)C(=C)C)C1=CC=CCC1)OC. The predicted octanol–water partition coefficient (Wildman–Crippen LogP) is 4.49. The van der Waals surface area contributed by atoms with E-state index in [4.69, 9.17) is 10.9 Å². The number of methoxy groups -OCH3 is 1. The Morgan fingerprint density at radius 2 is 2.08 bits per heavy atom. The van der Waals surface area contributed by atoms with Gasteiger partial charge in [0.25, 0.3) is 0 Å². The summed E-state index contributed by atoms with van der Waals surface area (Å²) in [4.78, 5) is 23.8. The molecule has 0 aromatic rings. The molecule has 130 valence electrons. The monoisotopic (exact) mass is 444 g/mol. The standard InChI is InChI=1S/C18H21IO5/c1-5-16(22-4)12-9-13-17(20)23-19(24-18(21)14(2)3)15-10-7-6-8-11-15/h5-7,9-10,12-13H,1-2,8,11H2,3-4H3/b13-9+,16-12+. The van der Waals surface area contributed by atoms with Gasteiger partial charge in [0.1, 0.15) is 0 Å². The van der Waals surface area contributed by atoms with Crippen molar-refractivity contribution in [3.8, 4) is 0 Å². The molecule has 1 aliphatic carbocycles. The first kappa shape index (κ1) is 20.0. The molecule has 0 amide bonds. The maximum atomic E-state index is 12.0. The molecular formula is C18H21IO5. The van der Waals surface area contributed by atoms with Gasteiger partial charge in [-0.1, -0.05) is 0 Å². The Bertz CT molecular complexity index is 625. The molecule has 0 unspecified atom stereocenters. The molecule has 0 spiro atoms. The van der Waals surface area contributed by atoms with Gasteiger partial charge in [-0.15, -0.1) is 0 Å². The van der Waals surface area contributed by atoms with Crippen LogP contribution in [0.2, 0.25) is 0 Å². The number of halogens is 1. The van der Waals surface area contributed by atoms with E-state index in [9.17, 15) is 9.59 Å². The van der Waals surface area contributed by atoms with Crippen LogP contribution in [-0.4, -0.2) is 19.0 Å². The van der Waals surface area contributed by atoms with Crippen LogP contribution in [0.3, 0.4) is 0 Å². The average molecular weight is 444 g/mol. The molecule has 0 bridgehead atoms. The summed E-state index contributed by atoms with van der Waals surface area (Å²) in [6.45, 7) is 8.68. The molecule has 0 saturated heterocycles. The Kier molecular flexibility index (Phi) is 8.85. The minimum absolute atomic E-state index is 0.273. The van der Waals surface area contributed by atoms with Gasteiger partial charge in [0.15, 0.2) is 0 Å². The van der Waals surface area contributed by atoms with E-state index in [0.717, 1.165) is 10.0 Å². The normalized spacial score (nSPS) is 14.7. The average Bonchev–Trinajstić information content (AvgIpc) is 2.58. The molecule has 24 heavy (non-hydrogen) atoms. The van der Waals surface area contributed by atoms with E-state index < -0.39 is 32.6 Å². The van der Waals surface area contributed by atoms with Crippen molar-refractivity contribution >= 4 is 32.6 Å². The second-order valence-corrected chi connectivity index (χ2v) is 8.18. The van der Waals surface area contributed by atoms with Gasteiger partial charge in [-0.05, 0) is 0 Å². The molecule has 5 nitrogen and oxygen atoms in total. The molecule has 0 aliphatic heterocycles. The molecule has 6 heteroatoms. The molecule has 1 aliphatic rings. The molecule has 0 fully saturated rings. The van der Waals surface area contributed by atoms with E-state index in [2.05, 4.69) is 13.2 Å². The number of hydrogen-bond donors (Lipinski definition) is 0. The third-order valence-corrected chi connectivity index (χ3v) is 6.39. The van der Waals surface area contributed by atoms with Crippen molar-refractivity contribution in [3.63, 3.8) is 0 Å². The maximum absolute atomic E-state index is 12.0. The van der Waals surface area contributed by atoms with Gasteiger partial charge in [0.2, 0.25) is 0 Å². The third-order valence-electron chi connectivity index (χ3n) is 2.73. The zero-order valence-electron chi connectivity index (χ0n) is 13.8. The van der Waals surface area contributed by atoms with E-state index in [1.54, 1.807) is 13.0 Å². The molecule has 0 radical (unpaired) electrons. The minimum atomic E-state index is -2.84. The second-order valence-electron chi connectivity index (χ2n) is 4.68. The van der Waals surface area contributed by atoms with Gasteiger partial charge in [0, 0.05) is 0 Å². The van der Waals surface area contributed by atoms with Crippen molar-refractivity contribution in [2.45, 2.75) is 19.8 Å². The Morgan fingerprint density at radius 3 is 2.62 bits per heavy atom. The van der Waals surface area contributed by atoms with Crippen LogP contribution in [0, 0.1) is 0 Å². The van der Waals surface area contributed by atoms with Crippen LogP contribution in [-0.2, 0) is 20.5 Å². The van der Waals surface area contributed by atoms with Gasteiger partial charge in [-0.3, -0.25) is 0 Å². The van der Waals surface area contributed by atoms with Crippen molar-refractivity contribution in [1.29, 1.82) is 0 Å². The van der Waals surface area contributed by atoms with E-state index >= 15 is 0 Å². The van der Waals surface area contributed by atoms with E-state index in [1.807, 2.05) is 18.2 Å². The first-order valence-corrected chi connectivity index (χ1v) is 10.0. The molecule has 0 atom stereocenters. The summed E-state index contributed by atoms with van der Waals surface area (Å²) in [7, 11) is 1.50. The van der Waals surface area contributed by atoms with Crippen LogP contribution >= 0.6 is 20.6 Å². The summed E-state index contributed by atoms with van der Waals surface area (Å²) < 4.78 is 16.6. The fraction of sp³-hybridized carbons (Fsp3) is 0.222. The van der Waals surface area contributed by atoms with E-state index in [0.29, 0.717) is 12.2 Å². The summed E-state index contributed by atoms with van der Waals surface area (Å²) in [5, 5.41) is 0. The van der Waals surface area contributed by atoms with Gasteiger partial charge >= 0.3 is 151 Å². The summed E-state index contributed by atoms with van der Waals surface area (Å²) in [6, 6.07) is 0. The molecule has 0 saturated carbocycles. The summed E-state index contributed by atoms with van der Waals surface area (Å²) in [5.74, 6) is -0.593. The van der Waals surface area contributed by atoms with Gasteiger partial charge in [-0.2, -0.15) is 0 Å². The molecule has 0 aromatic carbocycles. The topological polar surface area (TPSA) is 61.8 Å². The number of rotatable bonds is 8. The van der Waals surface area contributed by atoms with E-state index in [1.165, 1.54) is 25.3 Å². The van der Waals surface area contributed by atoms with Crippen LogP contribution < -0.4 is 0 Å². The molecule has 1 rings (SSSR count). The van der Waals surface area contributed by atoms with Crippen LogP contribution in [0.5, 0.6) is 0 Å². The zero-order chi connectivity index (χ0) is 17.9. The van der Waals surface area contributed by atoms with Crippen molar-refractivity contribution < 1.29 is 20.5 Å². The first-order valence-electron chi connectivity index (χ1n) is 7.19. The predicted molar refractivity (Wildman–Crippen MR) is 102 cm³/mol. The van der Waals surface area contributed by atoms with E-state index in [-0.39, 0.29) is 5.57 Å². The number of allylic oxidation sites excluding steroid dienone is 7. The molecular weight excluding hydrogens is 423 g/mol. The summed E-state index contributed by atoms with van der Waals surface area (Å²) in [5.41, 5.74) is 0.273. The second kappa shape index (κ2) is 10.6. The van der Waals surface area contributed by atoms with Crippen molar-refractivity contribution in [3.05, 3.63) is 70.6 Å². The molecule has 0 aromatic heterocycles. The fourth-order valence-corrected chi connectivity index (χ4v) is 4.67. The Balaban J connectivity index is 2.80. The third kappa shape index (κ3) is 6.99. The van der Waals surface area contributed by atoms with Gasteiger partial charge in [0.05, 0.1) is 0 Å². The first-order chi connectivity index (χ1) is 11.5. The summed E-state index contributed by atoms with van der Waals surface area (Å²) in [6.07, 6.45) is 13.1. The number of ether oxygens (including phenoxy) is 1. The van der Waals surface area contributed by atoms with Crippen molar-refractivity contribution in [1.82, 2.24) is 0 Å². The van der Waals surface area contributed by atoms with Crippen molar-refractivity contribution in [2.75, 3.05) is 7.11 Å². The Hall–Kier alpha value is -2.09. The van der Waals surface area contributed by atoms with Crippen LogP contribution in [0.25, 0.3) is 0 Å². The van der Waals surface area contributed by atoms with Gasteiger partial charge in [-0.25, -0.2) is 0 Å². The van der Waals surface area contributed by atoms with Crippen LogP contribution in [0.1, 0.15) is 19.8 Å². The summed E-state index contributed by atoms with van der Waals surface area (Å²) >= 11 is -2.84. The molecule has 0 N–H and O–H groups in total. The van der Waals surface area contributed by atoms with Gasteiger partial charge < -0.3 is 0 Å². The number of carbonyl (C=O) groups excluding carboxylic acids is 2.